The maximum atomic E-state index is 9.43. The van der Waals surface area contributed by atoms with Gasteiger partial charge in [0.15, 0.2) is 0 Å². The average Bonchev–Trinajstić information content (AvgIpc) is 1.69. The van der Waals surface area contributed by atoms with Crippen molar-refractivity contribution >= 4 is 40.0 Å². The molecule has 1 atom stereocenters. The van der Waals surface area contributed by atoms with Crippen LogP contribution in [0.15, 0.2) is 0 Å². The van der Waals surface area contributed by atoms with Gasteiger partial charge < -0.3 is 4.90 Å². The lowest BCUT2D eigenvalue weighted by Gasteiger charge is -1.93. The molecule has 0 fully saturated rings. The average molecular weight is 194 g/mol. The Kier molecular flexibility index (Phi) is 28.4. The standard InChI is InChI=1S/C3H7NO.Cl2O.H3P/c1-4(2)3-5;1-3-2;/h3H,1-2H3;;1H3. The second kappa shape index (κ2) is 15.8. The lowest BCUT2D eigenvalue weighted by Crippen LogP contribution is -2.06. The highest BCUT2D eigenvalue weighted by atomic mass is 35.6. The van der Waals surface area contributed by atoms with Gasteiger partial charge >= 0.3 is 0 Å². The molecular weight excluding hydrogens is 184 g/mol. The Morgan fingerprint density at radius 3 is 1.56 bits per heavy atom. The first kappa shape index (κ1) is 16.2. The van der Waals surface area contributed by atoms with Gasteiger partial charge in [0, 0.05) is 14.1 Å². The van der Waals surface area contributed by atoms with Crippen LogP contribution in [0, 0.1) is 0 Å². The highest BCUT2D eigenvalue weighted by Crippen LogP contribution is 1.78. The predicted molar refractivity (Wildman–Crippen MR) is 43.6 cm³/mol. The van der Waals surface area contributed by atoms with Gasteiger partial charge in [-0.3, -0.25) is 4.79 Å². The van der Waals surface area contributed by atoms with Gasteiger partial charge in [-0.25, -0.2) is 0 Å². The molecule has 3 nitrogen and oxygen atoms in total. The number of hydrogen-bond acceptors (Lipinski definition) is 2. The summed E-state index contributed by atoms with van der Waals surface area (Å²) in [5.41, 5.74) is 0. The highest BCUT2D eigenvalue weighted by molar-refractivity contribution is 6.92. The molecule has 1 unspecified atom stereocenters. The van der Waals surface area contributed by atoms with Crippen molar-refractivity contribution in [1.82, 2.24) is 4.90 Å². The minimum atomic E-state index is 0. The molecule has 0 heterocycles. The number of rotatable bonds is 1. The van der Waals surface area contributed by atoms with E-state index in [-0.39, 0.29) is 9.90 Å². The molecule has 0 rings (SSSR count). The Morgan fingerprint density at radius 2 is 1.56 bits per heavy atom. The SMILES string of the molecule is CN(C)C=O.ClOCl.P. The zero-order valence-electron chi connectivity index (χ0n) is 5.30. The number of hydrogen-bond donors (Lipinski definition) is 0. The molecule has 0 saturated carbocycles. The number of amides is 1. The van der Waals surface area contributed by atoms with E-state index in [0.29, 0.717) is 0 Å². The largest absolute Gasteiger partial charge is 0.351 e. The van der Waals surface area contributed by atoms with Crippen LogP contribution >= 0.6 is 33.6 Å². The van der Waals surface area contributed by atoms with Crippen molar-refractivity contribution in [2.24, 2.45) is 0 Å². The van der Waals surface area contributed by atoms with Crippen molar-refractivity contribution in [2.75, 3.05) is 14.1 Å². The molecule has 0 aromatic carbocycles. The van der Waals surface area contributed by atoms with E-state index in [4.69, 9.17) is 0 Å². The van der Waals surface area contributed by atoms with Crippen molar-refractivity contribution in [3.8, 4) is 0 Å². The molecule has 0 aliphatic carbocycles. The Morgan fingerprint density at radius 1 is 1.44 bits per heavy atom. The van der Waals surface area contributed by atoms with Gasteiger partial charge in [-0.2, -0.15) is 13.7 Å². The van der Waals surface area contributed by atoms with Crippen molar-refractivity contribution in [3.63, 3.8) is 0 Å². The van der Waals surface area contributed by atoms with Gasteiger partial charge in [-0.15, -0.1) is 0 Å². The summed E-state index contributed by atoms with van der Waals surface area (Å²) in [6.07, 6.45) is 0.750. The van der Waals surface area contributed by atoms with E-state index >= 15 is 0 Å². The zero-order chi connectivity index (χ0) is 6.99. The third-order valence-electron chi connectivity index (χ3n) is 0.211. The summed E-state index contributed by atoms with van der Waals surface area (Å²) in [5.74, 6) is 0. The lowest BCUT2D eigenvalue weighted by atomic mass is 11.0. The molecule has 9 heavy (non-hydrogen) atoms. The Hall–Kier alpha value is 0.440. The first-order valence-electron chi connectivity index (χ1n) is 1.70. The fourth-order valence-electron chi connectivity index (χ4n) is 0. The Balaban J connectivity index is -0.0000000800. The van der Waals surface area contributed by atoms with E-state index < -0.39 is 0 Å². The minimum Gasteiger partial charge on any atom is -0.351 e. The summed E-state index contributed by atoms with van der Waals surface area (Å²) in [7, 11) is 3.38. The van der Waals surface area contributed by atoms with Crippen LogP contribution in [0.25, 0.3) is 0 Å². The van der Waals surface area contributed by atoms with Gasteiger partial charge in [-0.05, 0) is 0 Å². The molecular formula is C3H10Cl2NO2P. The second-order valence-corrected chi connectivity index (χ2v) is 1.59. The zero-order valence-corrected chi connectivity index (χ0v) is 8.23. The van der Waals surface area contributed by atoms with E-state index in [1.165, 1.54) is 4.90 Å². The van der Waals surface area contributed by atoms with Crippen LogP contribution in [0.1, 0.15) is 0 Å². The van der Waals surface area contributed by atoms with Crippen LogP contribution in [-0.4, -0.2) is 25.4 Å². The highest BCUT2D eigenvalue weighted by Gasteiger charge is 1.68. The first-order chi connectivity index (χ1) is 3.68. The Labute approximate surface area is 68.2 Å². The molecule has 58 valence electrons. The van der Waals surface area contributed by atoms with E-state index in [0.717, 1.165) is 6.41 Å². The molecule has 0 aromatic heterocycles. The van der Waals surface area contributed by atoms with Crippen LogP contribution in [0.4, 0.5) is 0 Å². The predicted octanol–water partition coefficient (Wildman–Crippen LogP) is 1.07. The number of carbonyl (C=O) groups is 1. The summed E-state index contributed by atoms with van der Waals surface area (Å²) in [6, 6.07) is 0. The summed E-state index contributed by atoms with van der Waals surface area (Å²) < 4.78 is 3.19. The van der Waals surface area contributed by atoms with Crippen LogP contribution < -0.4 is 0 Å². The van der Waals surface area contributed by atoms with Crippen LogP contribution in [0.5, 0.6) is 0 Å². The number of nitrogens with zero attached hydrogens (tertiary/aromatic N) is 1. The fraction of sp³-hybridized carbons (Fsp3) is 0.667. The molecule has 0 aliphatic rings. The quantitative estimate of drug-likeness (QED) is 0.461. The minimum absolute atomic E-state index is 0. The van der Waals surface area contributed by atoms with Crippen molar-refractivity contribution < 1.29 is 8.64 Å². The maximum Gasteiger partial charge on any atom is 0.209 e. The van der Waals surface area contributed by atoms with Gasteiger partial charge in [0.05, 0.1) is 23.7 Å². The van der Waals surface area contributed by atoms with E-state index in [1.807, 2.05) is 0 Å². The van der Waals surface area contributed by atoms with E-state index in [2.05, 4.69) is 27.6 Å². The van der Waals surface area contributed by atoms with Crippen molar-refractivity contribution in [1.29, 1.82) is 0 Å². The number of halogens is 2. The van der Waals surface area contributed by atoms with Gasteiger partial charge in [-0.1, -0.05) is 0 Å². The molecule has 0 N–H and O–H groups in total. The van der Waals surface area contributed by atoms with Crippen LogP contribution in [-0.2, 0) is 8.64 Å². The Bertz CT molecular complexity index is 55.1. The summed E-state index contributed by atoms with van der Waals surface area (Å²) >= 11 is 8.53. The van der Waals surface area contributed by atoms with Crippen molar-refractivity contribution in [3.05, 3.63) is 0 Å². The summed E-state index contributed by atoms with van der Waals surface area (Å²) in [4.78, 5) is 10.9. The molecule has 0 spiro atoms. The van der Waals surface area contributed by atoms with Gasteiger partial charge in [0.25, 0.3) is 0 Å². The third-order valence-corrected chi connectivity index (χ3v) is 0.211. The summed E-state index contributed by atoms with van der Waals surface area (Å²) in [5, 5.41) is 0. The monoisotopic (exact) mass is 193 g/mol. The lowest BCUT2D eigenvalue weighted by molar-refractivity contribution is -0.115. The van der Waals surface area contributed by atoms with Crippen LogP contribution in [0.3, 0.4) is 0 Å². The first-order valence-corrected chi connectivity index (χ1v) is 2.31. The molecule has 0 aliphatic heterocycles. The normalized spacial score (nSPS) is 5.78. The second-order valence-electron chi connectivity index (χ2n) is 1.13. The molecule has 1 amide bonds. The molecule has 6 heteroatoms. The molecule has 0 aromatic rings. The van der Waals surface area contributed by atoms with Gasteiger partial charge in [0.2, 0.25) is 6.41 Å². The topological polar surface area (TPSA) is 29.5 Å². The van der Waals surface area contributed by atoms with Crippen molar-refractivity contribution in [2.45, 2.75) is 0 Å². The molecule has 0 radical (unpaired) electrons. The number of carbonyl (C=O) groups excluding carboxylic acids is 1. The smallest absolute Gasteiger partial charge is 0.209 e. The molecule has 0 bridgehead atoms. The maximum absolute atomic E-state index is 9.43. The third kappa shape index (κ3) is 58.8. The summed E-state index contributed by atoms with van der Waals surface area (Å²) in [6.45, 7) is 0. The van der Waals surface area contributed by atoms with E-state index in [9.17, 15) is 4.79 Å². The van der Waals surface area contributed by atoms with E-state index in [1.54, 1.807) is 14.1 Å². The fourth-order valence-corrected chi connectivity index (χ4v) is 0. The molecule has 0 saturated heterocycles. The van der Waals surface area contributed by atoms with Gasteiger partial charge in [0.1, 0.15) is 0 Å². The van der Waals surface area contributed by atoms with Crippen LogP contribution in [0.2, 0.25) is 0 Å².